The second kappa shape index (κ2) is 6.56. The Labute approximate surface area is 145 Å². The van der Waals surface area contributed by atoms with E-state index in [-0.39, 0.29) is 23.4 Å². The van der Waals surface area contributed by atoms with Crippen molar-refractivity contribution < 1.29 is 4.79 Å². The molecule has 0 aromatic heterocycles. The summed E-state index contributed by atoms with van der Waals surface area (Å²) in [5, 5.41) is 3.67. The zero-order valence-corrected chi connectivity index (χ0v) is 14.8. The Morgan fingerprint density at radius 1 is 1.29 bits per heavy atom. The van der Waals surface area contributed by atoms with Crippen molar-refractivity contribution >= 4 is 5.91 Å². The number of hydrogen-bond donors (Lipinski definition) is 1. The molecular formula is C21H28N2O. The van der Waals surface area contributed by atoms with Crippen LogP contribution in [-0.2, 0) is 4.79 Å². The summed E-state index contributed by atoms with van der Waals surface area (Å²) in [7, 11) is 0. The van der Waals surface area contributed by atoms with Crippen LogP contribution in [0.1, 0.15) is 42.0 Å². The van der Waals surface area contributed by atoms with E-state index in [1.54, 1.807) is 0 Å². The van der Waals surface area contributed by atoms with Gasteiger partial charge in [0.25, 0.3) is 0 Å². The lowest BCUT2D eigenvalue weighted by Crippen LogP contribution is -2.51. The topological polar surface area (TPSA) is 32.3 Å². The molecule has 2 aliphatic rings. The average molecular weight is 324 g/mol. The molecule has 2 aliphatic heterocycles. The third kappa shape index (κ3) is 2.61. The molecule has 1 aromatic rings. The summed E-state index contributed by atoms with van der Waals surface area (Å²) in [6, 6.07) is 6.90. The summed E-state index contributed by atoms with van der Waals surface area (Å²) < 4.78 is 0. The van der Waals surface area contributed by atoms with Gasteiger partial charge < -0.3 is 10.2 Å². The van der Waals surface area contributed by atoms with Crippen LogP contribution in [0.5, 0.6) is 0 Å². The van der Waals surface area contributed by atoms with Crippen molar-refractivity contribution in [2.45, 2.75) is 45.2 Å². The largest absolute Gasteiger partial charge is 0.336 e. The van der Waals surface area contributed by atoms with Crippen LogP contribution in [-0.4, -0.2) is 29.9 Å². The Bertz CT molecular complexity index is 654. The van der Waals surface area contributed by atoms with E-state index in [1.165, 1.54) is 16.7 Å². The lowest BCUT2D eigenvalue weighted by Gasteiger charge is -2.38. The van der Waals surface area contributed by atoms with Crippen molar-refractivity contribution in [3.05, 3.63) is 60.2 Å². The van der Waals surface area contributed by atoms with E-state index in [4.69, 9.17) is 0 Å². The fourth-order valence-corrected chi connectivity index (χ4v) is 4.50. The number of piperazine rings is 1. The SMILES string of the molecule is C=CCC1(CC=C)C[C@H]2[C@H](c3cccc(C)c3C)NCCN2C1=O. The maximum absolute atomic E-state index is 13.2. The number of fused-ring (bicyclic) bond motifs is 1. The lowest BCUT2D eigenvalue weighted by molar-refractivity contribution is -0.137. The van der Waals surface area contributed by atoms with Crippen molar-refractivity contribution in [2.24, 2.45) is 5.41 Å². The summed E-state index contributed by atoms with van der Waals surface area (Å²) in [5.74, 6) is 0.282. The lowest BCUT2D eigenvalue weighted by atomic mass is 9.77. The molecule has 0 unspecified atom stereocenters. The number of benzene rings is 1. The van der Waals surface area contributed by atoms with Crippen molar-refractivity contribution in [3.8, 4) is 0 Å². The van der Waals surface area contributed by atoms with Crippen LogP contribution in [0.3, 0.4) is 0 Å². The second-order valence-corrected chi connectivity index (χ2v) is 7.26. The molecular weight excluding hydrogens is 296 g/mol. The van der Waals surface area contributed by atoms with Crippen LogP contribution in [0.25, 0.3) is 0 Å². The van der Waals surface area contributed by atoms with Gasteiger partial charge >= 0.3 is 0 Å². The van der Waals surface area contributed by atoms with Gasteiger partial charge in [-0.1, -0.05) is 30.4 Å². The molecule has 0 spiro atoms. The highest BCUT2D eigenvalue weighted by molar-refractivity contribution is 5.86. The zero-order valence-electron chi connectivity index (χ0n) is 14.8. The monoisotopic (exact) mass is 324 g/mol. The Kier molecular flexibility index (Phi) is 4.64. The van der Waals surface area contributed by atoms with Crippen LogP contribution in [0, 0.1) is 19.3 Å². The molecule has 2 fully saturated rings. The highest BCUT2D eigenvalue weighted by atomic mass is 16.2. The zero-order chi connectivity index (χ0) is 17.3. The van der Waals surface area contributed by atoms with E-state index in [0.29, 0.717) is 0 Å². The van der Waals surface area contributed by atoms with Gasteiger partial charge in [0.2, 0.25) is 5.91 Å². The molecule has 0 aliphatic carbocycles. The minimum absolute atomic E-state index is 0.208. The van der Waals surface area contributed by atoms with E-state index < -0.39 is 0 Å². The highest BCUT2D eigenvalue weighted by Gasteiger charge is 2.53. The number of hydrogen-bond acceptors (Lipinski definition) is 2. The van der Waals surface area contributed by atoms with Crippen LogP contribution in [0.15, 0.2) is 43.5 Å². The van der Waals surface area contributed by atoms with E-state index in [1.807, 2.05) is 12.2 Å². The third-order valence-corrected chi connectivity index (χ3v) is 5.87. The number of allylic oxidation sites excluding steroid dienone is 2. The molecule has 2 heterocycles. The number of carbonyl (C=O) groups is 1. The number of rotatable bonds is 5. The fourth-order valence-electron chi connectivity index (χ4n) is 4.50. The first-order valence-electron chi connectivity index (χ1n) is 8.86. The van der Waals surface area contributed by atoms with Gasteiger partial charge in [-0.3, -0.25) is 4.79 Å². The van der Waals surface area contributed by atoms with Gasteiger partial charge in [0.15, 0.2) is 0 Å². The Morgan fingerprint density at radius 3 is 2.67 bits per heavy atom. The molecule has 1 aromatic carbocycles. The van der Waals surface area contributed by atoms with E-state index in [2.05, 4.69) is 55.4 Å². The fraction of sp³-hybridized carbons (Fsp3) is 0.476. The summed E-state index contributed by atoms with van der Waals surface area (Å²) in [4.78, 5) is 15.3. The minimum atomic E-state index is -0.351. The van der Waals surface area contributed by atoms with E-state index >= 15 is 0 Å². The van der Waals surface area contributed by atoms with Crippen LogP contribution in [0.4, 0.5) is 0 Å². The molecule has 0 radical (unpaired) electrons. The first kappa shape index (κ1) is 17.0. The smallest absolute Gasteiger partial charge is 0.229 e. The van der Waals surface area contributed by atoms with Gasteiger partial charge in [0.1, 0.15) is 0 Å². The van der Waals surface area contributed by atoms with Gasteiger partial charge in [0, 0.05) is 13.1 Å². The Hall–Kier alpha value is -1.87. The predicted octanol–water partition coefficient (Wildman–Crippen LogP) is 3.69. The third-order valence-electron chi connectivity index (χ3n) is 5.87. The molecule has 1 amide bonds. The van der Waals surface area contributed by atoms with Gasteiger partial charge in [-0.2, -0.15) is 0 Å². The molecule has 3 nitrogen and oxygen atoms in total. The first-order chi connectivity index (χ1) is 11.5. The molecule has 2 atom stereocenters. The Morgan fingerprint density at radius 2 is 2.00 bits per heavy atom. The van der Waals surface area contributed by atoms with E-state index in [0.717, 1.165) is 32.4 Å². The molecule has 0 bridgehead atoms. The van der Waals surface area contributed by atoms with Gasteiger partial charge in [0.05, 0.1) is 17.5 Å². The average Bonchev–Trinajstić information content (AvgIpc) is 2.84. The van der Waals surface area contributed by atoms with Crippen LogP contribution < -0.4 is 5.32 Å². The normalized spacial score (nSPS) is 25.4. The van der Waals surface area contributed by atoms with Crippen molar-refractivity contribution in [1.29, 1.82) is 0 Å². The number of carbonyl (C=O) groups excluding carboxylic acids is 1. The van der Waals surface area contributed by atoms with Crippen molar-refractivity contribution in [3.63, 3.8) is 0 Å². The molecule has 2 saturated heterocycles. The number of amides is 1. The molecule has 128 valence electrons. The summed E-state index contributed by atoms with van der Waals surface area (Å²) >= 11 is 0. The standard InChI is InChI=1S/C21H28N2O/c1-5-10-21(11-6-2)14-18-19(22-12-13-23(18)20(21)24)17-9-7-8-15(3)16(17)4/h5-9,18-19,22H,1-2,10-14H2,3-4H3/t18-,19-/m0/s1. The summed E-state index contributed by atoms with van der Waals surface area (Å²) in [5.41, 5.74) is 3.61. The van der Waals surface area contributed by atoms with Crippen molar-refractivity contribution in [1.82, 2.24) is 10.2 Å². The number of aryl methyl sites for hydroxylation is 1. The van der Waals surface area contributed by atoms with Crippen molar-refractivity contribution in [2.75, 3.05) is 13.1 Å². The van der Waals surface area contributed by atoms with Crippen LogP contribution >= 0.6 is 0 Å². The molecule has 24 heavy (non-hydrogen) atoms. The quantitative estimate of drug-likeness (QED) is 0.838. The molecule has 3 rings (SSSR count). The molecule has 1 N–H and O–H groups in total. The summed E-state index contributed by atoms with van der Waals surface area (Å²) in [6.07, 6.45) is 6.10. The van der Waals surface area contributed by atoms with Gasteiger partial charge in [-0.15, -0.1) is 13.2 Å². The first-order valence-corrected chi connectivity index (χ1v) is 8.86. The minimum Gasteiger partial charge on any atom is -0.336 e. The maximum atomic E-state index is 13.2. The second-order valence-electron chi connectivity index (χ2n) is 7.26. The molecule has 3 heteroatoms. The number of nitrogens with one attached hydrogen (secondary N) is 1. The predicted molar refractivity (Wildman–Crippen MR) is 98.8 cm³/mol. The summed E-state index contributed by atoms with van der Waals surface area (Å²) in [6.45, 7) is 13.7. The van der Waals surface area contributed by atoms with E-state index in [9.17, 15) is 4.79 Å². The van der Waals surface area contributed by atoms with Gasteiger partial charge in [-0.25, -0.2) is 0 Å². The number of nitrogens with zero attached hydrogens (tertiary/aromatic N) is 1. The molecule has 0 saturated carbocycles. The van der Waals surface area contributed by atoms with Gasteiger partial charge in [-0.05, 0) is 49.8 Å². The Balaban J connectivity index is 1.98. The highest BCUT2D eigenvalue weighted by Crippen LogP contribution is 2.47. The van der Waals surface area contributed by atoms with Crippen LogP contribution in [0.2, 0.25) is 0 Å². The maximum Gasteiger partial charge on any atom is 0.229 e.